The molecule has 0 atom stereocenters. The minimum absolute atomic E-state index is 0.398. The van der Waals surface area contributed by atoms with E-state index in [1.165, 1.54) is 0 Å². The van der Waals surface area contributed by atoms with Gasteiger partial charge in [-0.15, -0.1) is 11.3 Å². The van der Waals surface area contributed by atoms with Crippen molar-refractivity contribution in [3.63, 3.8) is 0 Å². The molecule has 0 aliphatic carbocycles. The smallest absolute Gasteiger partial charge is 0.123 e. The first-order valence-corrected chi connectivity index (χ1v) is 5.51. The zero-order chi connectivity index (χ0) is 10.7. The summed E-state index contributed by atoms with van der Waals surface area (Å²) in [6.07, 6.45) is 0.398. The zero-order valence-electron chi connectivity index (χ0n) is 8.40. The SMILES string of the molecule is Cc1sc(-c2ccccc2)nc1CC#N. The van der Waals surface area contributed by atoms with E-state index in [1.54, 1.807) is 11.3 Å². The van der Waals surface area contributed by atoms with E-state index in [0.717, 1.165) is 21.1 Å². The molecule has 0 spiro atoms. The molecule has 2 nitrogen and oxygen atoms in total. The highest BCUT2D eigenvalue weighted by Crippen LogP contribution is 2.27. The molecule has 15 heavy (non-hydrogen) atoms. The number of thiazole rings is 1. The van der Waals surface area contributed by atoms with Crippen LogP contribution in [-0.4, -0.2) is 4.98 Å². The van der Waals surface area contributed by atoms with Crippen LogP contribution < -0.4 is 0 Å². The van der Waals surface area contributed by atoms with E-state index in [2.05, 4.69) is 11.1 Å². The molecule has 0 saturated heterocycles. The Morgan fingerprint density at radius 2 is 2.07 bits per heavy atom. The fraction of sp³-hybridized carbons (Fsp3) is 0.167. The molecule has 0 bridgehead atoms. The van der Waals surface area contributed by atoms with Crippen LogP contribution in [0.3, 0.4) is 0 Å². The molecule has 0 aliphatic rings. The molecule has 3 heteroatoms. The van der Waals surface area contributed by atoms with E-state index in [4.69, 9.17) is 5.26 Å². The molecule has 74 valence electrons. The number of rotatable bonds is 2. The average Bonchev–Trinajstić information content (AvgIpc) is 2.63. The van der Waals surface area contributed by atoms with E-state index in [9.17, 15) is 0 Å². The van der Waals surface area contributed by atoms with Crippen molar-refractivity contribution >= 4 is 11.3 Å². The lowest BCUT2D eigenvalue weighted by Crippen LogP contribution is -1.84. The highest BCUT2D eigenvalue weighted by atomic mass is 32.1. The third-order valence-corrected chi connectivity index (χ3v) is 3.22. The highest BCUT2D eigenvalue weighted by Gasteiger charge is 2.08. The molecule has 0 radical (unpaired) electrons. The van der Waals surface area contributed by atoms with Crippen LogP contribution in [0, 0.1) is 18.3 Å². The van der Waals surface area contributed by atoms with Crippen molar-refractivity contribution < 1.29 is 0 Å². The van der Waals surface area contributed by atoms with E-state index < -0.39 is 0 Å². The lowest BCUT2D eigenvalue weighted by molar-refractivity contribution is 1.13. The minimum atomic E-state index is 0.398. The number of benzene rings is 1. The number of aromatic nitrogens is 1. The maximum absolute atomic E-state index is 8.64. The Hall–Kier alpha value is -1.66. The Balaban J connectivity index is 2.40. The largest absolute Gasteiger partial charge is 0.240 e. The van der Waals surface area contributed by atoms with Gasteiger partial charge in [-0.3, -0.25) is 0 Å². The molecule has 0 amide bonds. The van der Waals surface area contributed by atoms with Crippen molar-refractivity contribution in [2.75, 3.05) is 0 Å². The van der Waals surface area contributed by atoms with Crippen molar-refractivity contribution in [1.82, 2.24) is 4.98 Å². The fourth-order valence-corrected chi connectivity index (χ4v) is 2.31. The maximum Gasteiger partial charge on any atom is 0.123 e. The number of nitrogens with zero attached hydrogens (tertiary/aromatic N) is 2. The second kappa shape index (κ2) is 4.24. The van der Waals surface area contributed by atoms with Crippen LogP contribution in [0.25, 0.3) is 10.6 Å². The van der Waals surface area contributed by atoms with Crippen molar-refractivity contribution in [1.29, 1.82) is 5.26 Å². The summed E-state index contributed by atoms with van der Waals surface area (Å²) >= 11 is 1.65. The van der Waals surface area contributed by atoms with E-state index in [0.29, 0.717) is 6.42 Å². The molecular formula is C12H10N2S. The van der Waals surface area contributed by atoms with Gasteiger partial charge in [-0.25, -0.2) is 4.98 Å². The Bertz CT molecular complexity index is 494. The normalized spacial score (nSPS) is 9.87. The van der Waals surface area contributed by atoms with E-state index in [-0.39, 0.29) is 0 Å². The van der Waals surface area contributed by atoms with Crippen LogP contribution in [0.2, 0.25) is 0 Å². The quantitative estimate of drug-likeness (QED) is 0.769. The molecular weight excluding hydrogens is 204 g/mol. The summed E-state index contributed by atoms with van der Waals surface area (Å²) in [7, 11) is 0. The van der Waals surface area contributed by atoms with Gasteiger partial charge in [0.05, 0.1) is 18.2 Å². The first-order chi connectivity index (χ1) is 7.31. The van der Waals surface area contributed by atoms with Gasteiger partial charge in [-0.1, -0.05) is 30.3 Å². The Labute approximate surface area is 92.8 Å². The zero-order valence-corrected chi connectivity index (χ0v) is 9.21. The van der Waals surface area contributed by atoms with Crippen LogP contribution in [0.4, 0.5) is 0 Å². The Kier molecular flexibility index (Phi) is 2.79. The van der Waals surface area contributed by atoms with Crippen LogP contribution >= 0.6 is 11.3 Å². The van der Waals surface area contributed by atoms with E-state index >= 15 is 0 Å². The Morgan fingerprint density at radius 3 is 2.73 bits per heavy atom. The number of hydrogen-bond acceptors (Lipinski definition) is 3. The van der Waals surface area contributed by atoms with Gasteiger partial charge in [0, 0.05) is 10.4 Å². The van der Waals surface area contributed by atoms with Gasteiger partial charge < -0.3 is 0 Å². The molecule has 0 fully saturated rings. The fourth-order valence-electron chi connectivity index (χ4n) is 1.37. The standard InChI is InChI=1S/C12H10N2S/c1-9-11(7-8-13)14-12(15-9)10-5-3-2-4-6-10/h2-6H,7H2,1H3. The minimum Gasteiger partial charge on any atom is -0.240 e. The molecule has 0 saturated carbocycles. The number of nitriles is 1. The van der Waals surface area contributed by atoms with Crippen LogP contribution in [0.5, 0.6) is 0 Å². The maximum atomic E-state index is 8.64. The van der Waals surface area contributed by atoms with Gasteiger partial charge in [0.2, 0.25) is 0 Å². The lowest BCUT2D eigenvalue weighted by atomic mass is 10.2. The topological polar surface area (TPSA) is 36.7 Å². The average molecular weight is 214 g/mol. The number of aryl methyl sites for hydroxylation is 1. The molecule has 1 aromatic carbocycles. The summed E-state index contributed by atoms with van der Waals surface area (Å²) in [5, 5.41) is 9.64. The van der Waals surface area contributed by atoms with Crippen molar-refractivity contribution in [3.05, 3.63) is 40.9 Å². The first-order valence-electron chi connectivity index (χ1n) is 4.70. The van der Waals surface area contributed by atoms with Crippen molar-refractivity contribution in [2.45, 2.75) is 13.3 Å². The van der Waals surface area contributed by atoms with Gasteiger partial charge in [0.25, 0.3) is 0 Å². The highest BCUT2D eigenvalue weighted by molar-refractivity contribution is 7.15. The van der Waals surface area contributed by atoms with Crippen molar-refractivity contribution in [3.8, 4) is 16.6 Å². The van der Waals surface area contributed by atoms with Crippen molar-refractivity contribution in [2.24, 2.45) is 0 Å². The Morgan fingerprint density at radius 1 is 1.33 bits per heavy atom. The lowest BCUT2D eigenvalue weighted by Gasteiger charge is -1.92. The second-order valence-electron chi connectivity index (χ2n) is 3.22. The van der Waals surface area contributed by atoms with Gasteiger partial charge in [-0.2, -0.15) is 5.26 Å². The summed E-state index contributed by atoms with van der Waals surface area (Å²) in [6.45, 7) is 2.01. The van der Waals surface area contributed by atoms with Crippen LogP contribution in [-0.2, 0) is 6.42 Å². The third-order valence-electron chi connectivity index (χ3n) is 2.16. The second-order valence-corrected chi connectivity index (χ2v) is 4.43. The molecule has 2 rings (SSSR count). The molecule has 2 aromatic rings. The monoisotopic (exact) mass is 214 g/mol. The molecule has 1 aromatic heterocycles. The van der Waals surface area contributed by atoms with Gasteiger partial charge in [0.15, 0.2) is 0 Å². The summed E-state index contributed by atoms with van der Waals surface area (Å²) in [4.78, 5) is 5.60. The molecule has 0 aliphatic heterocycles. The summed E-state index contributed by atoms with van der Waals surface area (Å²) < 4.78 is 0. The summed E-state index contributed by atoms with van der Waals surface area (Å²) in [5.74, 6) is 0. The van der Waals surface area contributed by atoms with Crippen LogP contribution in [0.15, 0.2) is 30.3 Å². The van der Waals surface area contributed by atoms with Gasteiger partial charge in [0.1, 0.15) is 5.01 Å². The predicted octanol–water partition coefficient (Wildman–Crippen LogP) is 3.18. The van der Waals surface area contributed by atoms with Gasteiger partial charge in [-0.05, 0) is 6.92 Å². The number of hydrogen-bond donors (Lipinski definition) is 0. The molecule has 1 heterocycles. The van der Waals surface area contributed by atoms with Crippen LogP contribution in [0.1, 0.15) is 10.6 Å². The third kappa shape index (κ3) is 2.05. The molecule has 0 N–H and O–H groups in total. The van der Waals surface area contributed by atoms with E-state index in [1.807, 2.05) is 37.3 Å². The molecule has 0 unspecified atom stereocenters. The summed E-state index contributed by atoms with van der Waals surface area (Å²) in [5.41, 5.74) is 2.02. The first kappa shape index (κ1) is 9.88. The summed E-state index contributed by atoms with van der Waals surface area (Å²) in [6, 6.07) is 12.2. The predicted molar refractivity (Wildman–Crippen MR) is 61.6 cm³/mol. The van der Waals surface area contributed by atoms with Gasteiger partial charge >= 0.3 is 0 Å².